The predicted molar refractivity (Wildman–Crippen MR) is 87.9 cm³/mol. The second-order valence-electron chi connectivity index (χ2n) is 5.81. The van der Waals surface area contributed by atoms with Crippen molar-refractivity contribution in [3.63, 3.8) is 0 Å². The van der Waals surface area contributed by atoms with Crippen molar-refractivity contribution in [2.75, 3.05) is 33.2 Å². The van der Waals surface area contributed by atoms with Gasteiger partial charge in [-0.15, -0.1) is 0 Å². The van der Waals surface area contributed by atoms with Crippen LogP contribution >= 0.6 is 0 Å². The number of hydrogen-bond donors (Lipinski definition) is 3. The largest absolute Gasteiger partial charge is 0.341 e. The molecule has 10 heteroatoms. The summed E-state index contributed by atoms with van der Waals surface area (Å²) in [5, 5.41) is 4.53. The van der Waals surface area contributed by atoms with Crippen molar-refractivity contribution < 1.29 is 27.3 Å². The number of hydrogen-bond acceptors (Lipinski definition) is 4. The number of amides is 3. The molecule has 1 heterocycles. The quantitative estimate of drug-likeness (QED) is 0.602. The topological polar surface area (TPSA) is 100 Å². The van der Waals surface area contributed by atoms with Crippen molar-refractivity contribution in [2.24, 2.45) is 0 Å². The van der Waals surface area contributed by atoms with Crippen LogP contribution in [-0.4, -0.2) is 63.9 Å². The molecular weight excluding hydrogens is 351 g/mol. The number of nitrogens with one attached hydrogen (secondary N) is 3. The van der Waals surface area contributed by atoms with Crippen LogP contribution in [0, 0.1) is 5.82 Å². The third kappa shape index (κ3) is 4.53. The van der Waals surface area contributed by atoms with Gasteiger partial charge in [0, 0.05) is 7.05 Å². The van der Waals surface area contributed by atoms with Gasteiger partial charge in [0.15, 0.2) is 6.04 Å². The maximum Gasteiger partial charge on any atom is 0.321 e. The number of imide groups is 1. The summed E-state index contributed by atoms with van der Waals surface area (Å²) in [5.74, 6) is -0.909. The summed E-state index contributed by atoms with van der Waals surface area (Å²) in [5.41, 5.74) is 0. The van der Waals surface area contributed by atoms with Crippen LogP contribution in [0.15, 0.2) is 29.2 Å². The first kappa shape index (κ1) is 19.3. The van der Waals surface area contributed by atoms with Gasteiger partial charge in [0.05, 0.1) is 31.1 Å². The highest BCUT2D eigenvalue weighted by Crippen LogP contribution is 2.16. The molecule has 1 saturated heterocycles. The molecule has 0 unspecified atom stereocenters. The van der Waals surface area contributed by atoms with Crippen molar-refractivity contribution in [1.29, 1.82) is 0 Å². The van der Waals surface area contributed by atoms with Crippen molar-refractivity contribution in [3.8, 4) is 0 Å². The Kier molecular flexibility index (Phi) is 6.09. The van der Waals surface area contributed by atoms with Crippen molar-refractivity contribution in [2.45, 2.75) is 17.9 Å². The Morgan fingerprint density at radius 3 is 2.28 bits per heavy atom. The van der Waals surface area contributed by atoms with E-state index in [1.165, 1.54) is 23.5 Å². The van der Waals surface area contributed by atoms with Gasteiger partial charge in [-0.05, 0) is 31.2 Å². The van der Waals surface area contributed by atoms with Gasteiger partial charge in [0.2, 0.25) is 10.0 Å². The first-order valence-corrected chi connectivity index (χ1v) is 9.32. The first-order valence-electron chi connectivity index (χ1n) is 7.88. The van der Waals surface area contributed by atoms with Crippen LogP contribution in [-0.2, 0) is 14.8 Å². The fraction of sp³-hybridized carbons (Fsp3) is 0.467. The summed E-state index contributed by atoms with van der Waals surface area (Å²) >= 11 is 0. The van der Waals surface area contributed by atoms with Crippen LogP contribution in [0.1, 0.15) is 6.92 Å². The summed E-state index contributed by atoms with van der Waals surface area (Å²) in [6, 6.07) is 3.65. The molecule has 0 radical (unpaired) electrons. The van der Waals surface area contributed by atoms with E-state index in [0.29, 0.717) is 13.1 Å². The van der Waals surface area contributed by atoms with Crippen molar-refractivity contribution in [1.82, 2.24) is 14.9 Å². The average Bonchev–Trinajstić information content (AvgIpc) is 2.61. The zero-order valence-electron chi connectivity index (χ0n) is 14.1. The molecule has 0 bridgehead atoms. The molecular formula is C15H22FN4O4S+. The lowest BCUT2D eigenvalue weighted by atomic mass is 10.2. The number of urea groups is 1. The maximum absolute atomic E-state index is 13.0. The Bertz CT molecular complexity index is 730. The second-order valence-corrected chi connectivity index (χ2v) is 7.74. The summed E-state index contributed by atoms with van der Waals surface area (Å²) in [6.45, 7) is 3.04. The molecule has 3 amide bonds. The number of carbonyl (C=O) groups is 2. The molecule has 1 atom stereocenters. The highest BCUT2D eigenvalue weighted by Gasteiger charge is 2.34. The molecule has 1 aromatic carbocycles. The van der Waals surface area contributed by atoms with Crippen LogP contribution in [0.4, 0.5) is 9.18 Å². The molecule has 0 spiro atoms. The fourth-order valence-electron chi connectivity index (χ4n) is 2.67. The lowest BCUT2D eigenvalue weighted by molar-refractivity contribution is -0.917. The number of carbonyl (C=O) groups excluding carboxylic acids is 2. The van der Waals surface area contributed by atoms with E-state index in [1.54, 1.807) is 6.92 Å². The number of nitrogens with zero attached hydrogens (tertiary/aromatic N) is 1. The zero-order valence-corrected chi connectivity index (χ0v) is 14.9. The first-order chi connectivity index (χ1) is 11.8. The Morgan fingerprint density at radius 2 is 1.76 bits per heavy atom. The summed E-state index contributed by atoms with van der Waals surface area (Å²) in [4.78, 5) is 24.1. The Morgan fingerprint density at radius 1 is 1.20 bits per heavy atom. The standard InChI is InChI=1S/C15H21FN4O4S/c1-11(14(21)18-15(22)17-2)19-7-9-20(10-8-19)25(23,24)13-5-3-12(16)4-6-13/h3-6,11H,7-10H2,1-2H3,(H2,17,18,21,22)/p+1/t11-/m0/s1. The third-order valence-corrected chi connectivity index (χ3v) is 6.20. The van der Waals surface area contributed by atoms with E-state index in [-0.39, 0.29) is 18.0 Å². The Labute approximate surface area is 146 Å². The average molecular weight is 373 g/mol. The molecule has 0 saturated carbocycles. The van der Waals surface area contributed by atoms with Crippen molar-refractivity contribution >= 4 is 22.0 Å². The van der Waals surface area contributed by atoms with E-state index in [1.807, 2.05) is 0 Å². The van der Waals surface area contributed by atoms with Crippen LogP contribution in [0.3, 0.4) is 0 Å². The number of sulfonamides is 1. The van der Waals surface area contributed by atoms with Crippen LogP contribution in [0.25, 0.3) is 0 Å². The summed E-state index contributed by atoms with van der Waals surface area (Å²) in [6.07, 6.45) is 0. The van der Waals surface area contributed by atoms with Crippen molar-refractivity contribution in [3.05, 3.63) is 30.1 Å². The van der Waals surface area contributed by atoms with E-state index >= 15 is 0 Å². The van der Waals surface area contributed by atoms with Gasteiger partial charge in [0.1, 0.15) is 5.82 Å². The van der Waals surface area contributed by atoms with Crippen LogP contribution < -0.4 is 15.5 Å². The Hall–Kier alpha value is -2.04. The minimum Gasteiger partial charge on any atom is -0.341 e. The molecule has 3 N–H and O–H groups in total. The molecule has 1 fully saturated rings. The van der Waals surface area contributed by atoms with E-state index in [9.17, 15) is 22.4 Å². The molecule has 0 aromatic heterocycles. The van der Waals surface area contributed by atoms with E-state index < -0.39 is 33.8 Å². The minimum atomic E-state index is -3.68. The highest BCUT2D eigenvalue weighted by molar-refractivity contribution is 7.89. The lowest BCUT2D eigenvalue weighted by Crippen LogP contribution is -3.19. The van der Waals surface area contributed by atoms with Crippen LogP contribution in [0.5, 0.6) is 0 Å². The van der Waals surface area contributed by atoms with E-state index in [4.69, 9.17) is 0 Å². The molecule has 1 aliphatic rings. The van der Waals surface area contributed by atoms with Gasteiger partial charge in [0.25, 0.3) is 5.91 Å². The molecule has 8 nitrogen and oxygen atoms in total. The smallest absolute Gasteiger partial charge is 0.321 e. The summed E-state index contributed by atoms with van der Waals surface area (Å²) in [7, 11) is -2.27. The van der Waals surface area contributed by atoms with Gasteiger partial charge in [-0.3, -0.25) is 10.1 Å². The molecule has 1 aromatic rings. The normalized spacial score (nSPS) is 17.7. The summed E-state index contributed by atoms with van der Waals surface area (Å²) < 4.78 is 39.4. The zero-order chi connectivity index (χ0) is 18.6. The lowest BCUT2D eigenvalue weighted by Gasteiger charge is -2.34. The molecule has 1 aliphatic heterocycles. The van der Waals surface area contributed by atoms with E-state index in [0.717, 1.165) is 17.0 Å². The fourth-order valence-corrected chi connectivity index (χ4v) is 4.11. The van der Waals surface area contributed by atoms with Gasteiger partial charge in [-0.25, -0.2) is 17.6 Å². The molecule has 138 valence electrons. The monoisotopic (exact) mass is 373 g/mol. The number of benzene rings is 1. The molecule has 2 rings (SSSR count). The number of rotatable bonds is 4. The molecule has 25 heavy (non-hydrogen) atoms. The van der Waals surface area contributed by atoms with Gasteiger partial charge in [-0.2, -0.15) is 4.31 Å². The Balaban J connectivity index is 1.98. The number of quaternary nitrogens is 1. The van der Waals surface area contributed by atoms with Gasteiger partial charge >= 0.3 is 6.03 Å². The second kappa shape index (κ2) is 7.89. The van der Waals surface area contributed by atoms with E-state index in [2.05, 4.69) is 10.6 Å². The highest BCUT2D eigenvalue weighted by atomic mass is 32.2. The maximum atomic E-state index is 13.0. The van der Waals surface area contributed by atoms with Gasteiger partial charge < -0.3 is 10.2 Å². The number of piperazine rings is 1. The van der Waals surface area contributed by atoms with Crippen LogP contribution in [0.2, 0.25) is 0 Å². The third-order valence-electron chi connectivity index (χ3n) is 4.29. The van der Waals surface area contributed by atoms with Gasteiger partial charge in [-0.1, -0.05) is 0 Å². The molecule has 0 aliphatic carbocycles. The number of halogens is 1. The minimum absolute atomic E-state index is 0.0442. The SMILES string of the molecule is CNC(=O)NC(=O)[C@H](C)[NH+]1CCN(S(=O)(=O)c2ccc(F)cc2)CC1. The predicted octanol–water partition coefficient (Wildman–Crippen LogP) is -1.44.